The Kier molecular flexibility index (Phi) is 5.70. The SMILES string of the molecule is COc1cccc2ccc(CNCCC(C)S(C)=O)nc12. The summed E-state index contributed by atoms with van der Waals surface area (Å²) in [6.07, 6.45) is 2.65. The third-order valence-electron chi connectivity index (χ3n) is 3.56. The van der Waals surface area contributed by atoms with E-state index in [0.29, 0.717) is 6.54 Å². The number of methoxy groups -OCH3 is 1. The Labute approximate surface area is 128 Å². The molecule has 0 aliphatic heterocycles. The van der Waals surface area contributed by atoms with Crippen LogP contribution in [0.15, 0.2) is 30.3 Å². The van der Waals surface area contributed by atoms with Gasteiger partial charge >= 0.3 is 0 Å². The van der Waals surface area contributed by atoms with Crippen molar-refractivity contribution in [2.24, 2.45) is 0 Å². The van der Waals surface area contributed by atoms with Gasteiger partial charge in [-0.3, -0.25) is 4.21 Å². The van der Waals surface area contributed by atoms with E-state index in [0.717, 1.165) is 35.3 Å². The van der Waals surface area contributed by atoms with Crippen molar-refractivity contribution in [2.75, 3.05) is 19.9 Å². The maximum atomic E-state index is 11.3. The highest BCUT2D eigenvalue weighted by molar-refractivity contribution is 7.84. The molecule has 2 aromatic rings. The summed E-state index contributed by atoms with van der Waals surface area (Å²) in [7, 11) is 0.907. The molecule has 0 saturated heterocycles. The lowest BCUT2D eigenvalue weighted by molar-refractivity contribution is 0.418. The van der Waals surface area contributed by atoms with E-state index in [4.69, 9.17) is 4.74 Å². The van der Waals surface area contributed by atoms with Crippen molar-refractivity contribution in [1.29, 1.82) is 0 Å². The maximum absolute atomic E-state index is 11.3. The molecular weight excluding hydrogens is 284 g/mol. The number of hydrogen-bond acceptors (Lipinski definition) is 4. The first-order chi connectivity index (χ1) is 10.1. The lowest BCUT2D eigenvalue weighted by atomic mass is 10.2. The molecule has 1 aromatic heterocycles. The molecule has 0 radical (unpaired) electrons. The molecule has 2 rings (SSSR count). The molecule has 2 unspecified atom stereocenters. The molecular formula is C16H22N2O2S. The zero-order valence-corrected chi connectivity index (χ0v) is 13.6. The van der Waals surface area contributed by atoms with Crippen LogP contribution in [0.5, 0.6) is 5.75 Å². The van der Waals surface area contributed by atoms with Gasteiger partial charge < -0.3 is 10.1 Å². The largest absolute Gasteiger partial charge is 0.494 e. The molecule has 0 aliphatic carbocycles. The van der Waals surface area contributed by atoms with Gasteiger partial charge in [-0.05, 0) is 25.1 Å². The number of nitrogens with zero attached hydrogens (tertiary/aromatic N) is 1. The maximum Gasteiger partial charge on any atom is 0.145 e. The topological polar surface area (TPSA) is 51.2 Å². The minimum atomic E-state index is -0.753. The molecule has 5 heteroatoms. The van der Waals surface area contributed by atoms with E-state index in [2.05, 4.69) is 16.4 Å². The van der Waals surface area contributed by atoms with E-state index in [-0.39, 0.29) is 5.25 Å². The molecule has 0 spiro atoms. The molecule has 2 atom stereocenters. The van der Waals surface area contributed by atoms with Gasteiger partial charge in [-0.1, -0.05) is 25.1 Å². The minimum Gasteiger partial charge on any atom is -0.494 e. The normalized spacial score (nSPS) is 14.0. The number of nitrogens with one attached hydrogen (secondary N) is 1. The second-order valence-corrected chi connectivity index (χ2v) is 6.91. The van der Waals surface area contributed by atoms with Crippen molar-refractivity contribution in [3.63, 3.8) is 0 Å². The van der Waals surface area contributed by atoms with E-state index >= 15 is 0 Å². The van der Waals surface area contributed by atoms with Crippen LogP contribution in [0.3, 0.4) is 0 Å². The van der Waals surface area contributed by atoms with Gasteiger partial charge in [0, 0.05) is 34.2 Å². The highest BCUT2D eigenvalue weighted by atomic mass is 32.2. The fourth-order valence-electron chi connectivity index (χ4n) is 2.11. The highest BCUT2D eigenvalue weighted by Crippen LogP contribution is 2.23. The van der Waals surface area contributed by atoms with E-state index in [9.17, 15) is 4.21 Å². The van der Waals surface area contributed by atoms with E-state index in [1.54, 1.807) is 13.4 Å². The van der Waals surface area contributed by atoms with Crippen LogP contribution in [0.2, 0.25) is 0 Å². The third-order valence-corrected chi connectivity index (χ3v) is 4.93. The Morgan fingerprint density at radius 1 is 1.33 bits per heavy atom. The highest BCUT2D eigenvalue weighted by Gasteiger charge is 2.06. The van der Waals surface area contributed by atoms with E-state index in [1.807, 2.05) is 31.2 Å². The molecule has 0 saturated carbocycles. The van der Waals surface area contributed by atoms with Crippen LogP contribution < -0.4 is 10.1 Å². The summed E-state index contributed by atoms with van der Waals surface area (Å²) >= 11 is 0. The summed E-state index contributed by atoms with van der Waals surface area (Å²) in [4.78, 5) is 4.65. The summed E-state index contributed by atoms with van der Waals surface area (Å²) in [5.41, 5.74) is 1.87. The first kappa shape index (κ1) is 15.9. The average Bonchev–Trinajstić information content (AvgIpc) is 2.50. The summed E-state index contributed by atoms with van der Waals surface area (Å²) in [6.45, 7) is 3.56. The summed E-state index contributed by atoms with van der Waals surface area (Å²) in [6, 6.07) is 10.00. The minimum absolute atomic E-state index is 0.224. The van der Waals surface area contributed by atoms with Crippen LogP contribution in [0.4, 0.5) is 0 Å². The second-order valence-electron chi connectivity index (χ2n) is 5.11. The Bertz CT molecular complexity index is 631. The fraction of sp³-hybridized carbons (Fsp3) is 0.438. The van der Waals surface area contributed by atoms with E-state index < -0.39 is 10.8 Å². The predicted molar refractivity (Wildman–Crippen MR) is 88.1 cm³/mol. The van der Waals surface area contributed by atoms with Crippen LogP contribution in [0, 0.1) is 0 Å². The van der Waals surface area contributed by atoms with Gasteiger partial charge in [-0.15, -0.1) is 0 Å². The number of aromatic nitrogens is 1. The third kappa shape index (κ3) is 4.25. The van der Waals surface area contributed by atoms with Gasteiger partial charge in [0.15, 0.2) is 0 Å². The van der Waals surface area contributed by atoms with Gasteiger partial charge in [0.1, 0.15) is 11.3 Å². The standard InChI is InChI=1S/C16H22N2O2S/c1-12(21(3)19)9-10-17-11-14-8-7-13-5-4-6-15(20-2)16(13)18-14/h4-8,12,17H,9-11H2,1-3H3. The molecule has 21 heavy (non-hydrogen) atoms. The number of rotatable bonds is 7. The molecule has 1 heterocycles. The molecule has 0 bridgehead atoms. The monoisotopic (exact) mass is 306 g/mol. The lowest BCUT2D eigenvalue weighted by Gasteiger charge is -2.10. The Balaban J connectivity index is 1.98. The predicted octanol–water partition coefficient (Wildman–Crippen LogP) is 2.49. The molecule has 1 N–H and O–H groups in total. The smallest absolute Gasteiger partial charge is 0.145 e. The Morgan fingerprint density at radius 3 is 2.86 bits per heavy atom. The number of hydrogen-bond donors (Lipinski definition) is 1. The summed E-state index contributed by atoms with van der Waals surface area (Å²) in [5.74, 6) is 0.796. The fourth-order valence-corrected chi connectivity index (χ4v) is 2.56. The van der Waals surface area contributed by atoms with Crippen molar-refractivity contribution in [2.45, 2.75) is 25.1 Å². The number of ether oxygens (including phenoxy) is 1. The van der Waals surface area contributed by atoms with Crippen LogP contribution >= 0.6 is 0 Å². The first-order valence-electron chi connectivity index (χ1n) is 7.07. The summed E-state index contributed by atoms with van der Waals surface area (Å²) < 4.78 is 16.6. The number of pyridine rings is 1. The summed E-state index contributed by atoms with van der Waals surface area (Å²) in [5, 5.41) is 4.65. The van der Waals surface area contributed by atoms with E-state index in [1.165, 1.54) is 0 Å². The van der Waals surface area contributed by atoms with Gasteiger partial charge in [-0.2, -0.15) is 0 Å². The van der Waals surface area contributed by atoms with Gasteiger partial charge in [0.2, 0.25) is 0 Å². The van der Waals surface area contributed by atoms with Crippen molar-refractivity contribution in [1.82, 2.24) is 10.3 Å². The van der Waals surface area contributed by atoms with Gasteiger partial charge in [0.25, 0.3) is 0 Å². The Morgan fingerprint density at radius 2 is 2.14 bits per heavy atom. The Hall–Kier alpha value is -1.46. The van der Waals surface area contributed by atoms with Crippen LogP contribution in [0.25, 0.3) is 10.9 Å². The number of benzene rings is 1. The average molecular weight is 306 g/mol. The van der Waals surface area contributed by atoms with Gasteiger partial charge in [-0.25, -0.2) is 4.98 Å². The molecule has 0 fully saturated rings. The molecule has 1 aromatic carbocycles. The van der Waals surface area contributed by atoms with Crippen molar-refractivity contribution >= 4 is 21.7 Å². The molecule has 4 nitrogen and oxygen atoms in total. The van der Waals surface area contributed by atoms with Crippen molar-refractivity contribution < 1.29 is 8.95 Å². The zero-order valence-electron chi connectivity index (χ0n) is 12.8. The molecule has 114 valence electrons. The van der Waals surface area contributed by atoms with Crippen molar-refractivity contribution in [3.05, 3.63) is 36.0 Å². The van der Waals surface area contributed by atoms with Crippen LogP contribution in [0.1, 0.15) is 19.0 Å². The zero-order chi connectivity index (χ0) is 15.2. The van der Waals surface area contributed by atoms with Crippen LogP contribution in [-0.2, 0) is 17.3 Å². The van der Waals surface area contributed by atoms with Crippen molar-refractivity contribution in [3.8, 4) is 5.75 Å². The number of para-hydroxylation sites is 1. The quantitative estimate of drug-likeness (QED) is 0.799. The molecule has 0 amide bonds. The second kappa shape index (κ2) is 7.52. The number of fused-ring (bicyclic) bond motifs is 1. The first-order valence-corrected chi connectivity index (χ1v) is 8.69. The molecule has 0 aliphatic rings. The van der Waals surface area contributed by atoms with Gasteiger partial charge in [0.05, 0.1) is 12.8 Å². The lowest BCUT2D eigenvalue weighted by Crippen LogP contribution is -2.21. The van der Waals surface area contributed by atoms with Crippen LogP contribution in [-0.4, -0.2) is 34.4 Å².